The Labute approximate surface area is 192 Å². The molecule has 0 aliphatic carbocycles. The maximum absolute atomic E-state index is 5.83. The van der Waals surface area contributed by atoms with Crippen LogP contribution in [0.15, 0.2) is 64.1 Å². The molecule has 2 aromatic carbocycles. The van der Waals surface area contributed by atoms with Gasteiger partial charge in [-0.1, -0.05) is 30.3 Å². The summed E-state index contributed by atoms with van der Waals surface area (Å²) >= 11 is 0. The standard InChI is InChI=1S/C22H24N4O3.HI/c1-2-23-22(26-17-9-10-18-19(13-17)28-12-6-11-27-18)25-15-21-24-14-20(29-21)16-7-4-3-5-8-16;/h3-5,7-10,13-14H,2,6,11-12,15H2,1H3,(H2,23,25,26);1H. The number of halogens is 1. The summed E-state index contributed by atoms with van der Waals surface area (Å²) in [7, 11) is 0. The molecule has 0 unspecified atom stereocenters. The van der Waals surface area contributed by atoms with E-state index >= 15 is 0 Å². The first kappa shape index (κ1) is 21.9. The zero-order valence-electron chi connectivity index (χ0n) is 16.8. The first-order valence-corrected chi connectivity index (χ1v) is 9.77. The van der Waals surface area contributed by atoms with Crippen molar-refractivity contribution in [3.05, 3.63) is 60.6 Å². The number of anilines is 1. The number of rotatable bonds is 5. The van der Waals surface area contributed by atoms with Crippen LogP contribution in [-0.4, -0.2) is 30.7 Å². The van der Waals surface area contributed by atoms with Crippen LogP contribution in [0.4, 0.5) is 5.69 Å². The first-order chi connectivity index (χ1) is 14.3. The molecule has 4 rings (SSSR count). The number of ether oxygens (including phenoxy) is 2. The maximum atomic E-state index is 5.83. The van der Waals surface area contributed by atoms with E-state index in [1.807, 2.05) is 55.5 Å². The van der Waals surface area contributed by atoms with Gasteiger partial charge in [0.25, 0.3) is 0 Å². The quantitative estimate of drug-likeness (QED) is 0.289. The van der Waals surface area contributed by atoms with Gasteiger partial charge in [0.2, 0.25) is 5.89 Å². The minimum atomic E-state index is 0. The van der Waals surface area contributed by atoms with E-state index in [0.29, 0.717) is 31.6 Å². The number of nitrogens with one attached hydrogen (secondary N) is 2. The van der Waals surface area contributed by atoms with Crippen LogP contribution >= 0.6 is 24.0 Å². The number of fused-ring (bicyclic) bond motifs is 1. The molecule has 2 N–H and O–H groups in total. The lowest BCUT2D eigenvalue weighted by molar-refractivity contribution is 0.297. The fourth-order valence-corrected chi connectivity index (χ4v) is 2.95. The van der Waals surface area contributed by atoms with E-state index in [1.165, 1.54) is 0 Å². The van der Waals surface area contributed by atoms with Crippen LogP contribution in [0.1, 0.15) is 19.2 Å². The number of aliphatic imine (C=N–C) groups is 1. The van der Waals surface area contributed by atoms with Gasteiger partial charge in [-0.05, 0) is 19.1 Å². The van der Waals surface area contributed by atoms with Crippen LogP contribution in [0.25, 0.3) is 11.3 Å². The lowest BCUT2D eigenvalue weighted by Gasteiger charge is -2.13. The topological polar surface area (TPSA) is 80.9 Å². The minimum Gasteiger partial charge on any atom is -0.490 e. The highest BCUT2D eigenvalue weighted by Gasteiger charge is 2.12. The van der Waals surface area contributed by atoms with Gasteiger partial charge < -0.3 is 24.5 Å². The van der Waals surface area contributed by atoms with E-state index in [1.54, 1.807) is 6.20 Å². The lowest BCUT2D eigenvalue weighted by Crippen LogP contribution is -2.30. The molecule has 158 valence electrons. The second-order valence-corrected chi connectivity index (χ2v) is 6.52. The summed E-state index contributed by atoms with van der Waals surface area (Å²) in [5.74, 6) is 3.43. The Morgan fingerprint density at radius 2 is 1.87 bits per heavy atom. The van der Waals surface area contributed by atoms with Gasteiger partial charge in [-0.15, -0.1) is 24.0 Å². The van der Waals surface area contributed by atoms with Gasteiger partial charge in [-0.25, -0.2) is 9.98 Å². The number of benzene rings is 2. The van der Waals surface area contributed by atoms with Gasteiger partial charge in [0.05, 0.1) is 19.4 Å². The van der Waals surface area contributed by atoms with Crippen LogP contribution in [0.5, 0.6) is 11.5 Å². The summed E-state index contributed by atoms with van der Waals surface area (Å²) in [6, 6.07) is 15.7. The molecule has 2 heterocycles. The maximum Gasteiger partial charge on any atom is 0.216 e. The molecule has 8 heteroatoms. The van der Waals surface area contributed by atoms with Crippen LogP contribution in [0.3, 0.4) is 0 Å². The molecular formula is C22H25IN4O3. The third kappa shape index (κ3) is 5.65. The fourth-order valence-electron chi connectivity index (χ4n) is 2.95. The van der Waals surface area contributed by atoms with E-state index < -0.39 is 0 Å². The van der Waals surface area contributed by atoms with Crippen LogP contribution < -0.4 is 20.1 Å². The van der Waals surface area contributed by atoms with Gasteiger partial charge in [-0.2, -0.15) is 0 Å². The van der Waals surface area contributed by atoms with Crippen molar-refractivity contribution in [2.45, 2.75) is 19.9 Å². The highest BCUT2D eigenvalue weighted by atomic mass is 127. The summed E-state index contributed by atoms with van der Waals surface area (Å²) in [5.41, 5.74) is 1.86. The zero-order valence-corrected chi connectivity index (χ0v) is 19.1. The van der Waals surface area contributed by atoms with Crippen molar-refractivity contribution >= 4 is 35.6 Å². The second kappa shape index (κ2) is 10.9. The molecule has 1 aromatic heterocycles. The number of aromatic nitrogens is 1. The molecule has 7 nitrogen and oxygen atoms in total. The van der Waals surface area contributed by atoms with Crippen molar-refractivity contribution in [3.63, 3.8) is 0 Å². The summed E-state index contributed by atoms with van der Waals surface area (Å²) < 4.78 is 17.3. The molecule has 1 aliphatic rings. The van der Waals surface area contributed by atoms with Crippen molar-refractivity contribution in [1.29, 1.82) is 0 Å². The van der Waals surface area contributed by atoms with Crippen molar-refractivity contribution in [1.82, 2.24) is 10.3 Å². The van der Waals surface area contributed by atoms with Crippen LogP contribution in [0, 0.1) is 0 Å². The van der Waals surface area contributed by atoms with Gasteiger partial charge in [0, 0.05) is 30.3 Å². The van der Waals surface area contributed by atoms with E-state index in [2.05, 4.69) is 20.6 Å². The van der Waals surface area contributed by atoms with Gasteiger partial charge in [0.1, 0.15) is 6.54 Å². The highest BCUT2D eigenvalue weighted by molar-refractivity contribution is 14.0. The summed E-state index contributed by atoms with van der Waals surface area (Å²) in [5, 5.41) is 6.52. The zero-order chi connectivity index (χ0) is 19.9. The largest absolute Gasteiger partial charge is 0.490 e. The summed E-state index contributed by atoms with van der Waals surface area (Å²) in [6.07, 6.45) is 2.60. The van der Waals surface area contributed by atoms with Gasteiger partial charge in [-0.3, -0.25) is 0 Å². The molecule has 0 radical (unpaired) electrons. The fraction of sp³-hybridized carbons (Fsp3) is 0.273. The number of oxazole rings is 1. The number of hydrogen-bond acceptors (Lipinski definition) is 5. The average molecular weight is 520 g/mol. The molecule has 0 atom stereocenters. The van der Waals surface area contributed by atoms with E-state index in [0.717, 1.165) is 41.5 Å². The Kier molecular flexibility index (Phi) is 7.95. The summed E-state index contributed by atoms with van der Waals surface area (Å²) in [6.45, 7) is 4.40. The average Bonchev–Trinajstić information content (AvgIpc) is 3.11. The molecule has 30 heavy (non-hydrogen) atoms. The number of guanidine groups is 1. The molecule has 3 aromatic rings. The van der Waals surface area contributed by atoms with Crippen molar-refractivity contribution in [2.75, 3.05) is 25.1 Å². The molecule has 0 saturated carbocycles. The Hall–Kier alpha value is -2.75. The Morgan fingerprint density at radius 3 is 2.67 bits per heavy atom. The molecule has 1 aliphatic heterocycles. The van der Waals surface area contributed by atoms with Gasteiger partial charge >= 0.3 is 0 Å². The Bertz CT molecular complexity index is 976. The molecular weight excluding hydrogens is 495 g/mol. The normalized spacial score (nSPS) is 13.2. The van der Waals surface area contributed by atoms with Crippen molar-refractivity contribution < 1.29 is 13.9 Å². The Morgan fingerprint density at radius 1 is 1.07 bits per heavy atom. The molecule has 0 spiro atoms. The summed E-state index contributed by atoms with van der Waals surface area (Å²) in [4.78, 5) is 8.92. The van der Waals surface area contributed by atoms with Crippen molar-refractivity contribution in [3.8, 4) is 22.8 Å². The molecule has 0 fully saturated rings. The Balaban J connectivity index is 0.00000256. The SMILES string of the molecule is CCNC(=NCc1ncc(-c2ccccc2)o1)Nc1ccc2c(c1)OCCCO2.I. The molecule has 0 bridgehead atoms. The molecule has 0 amide bonds. The van der Waals surface area contributed by atoms with E-state index in [-0.39, 0.29) is 24.0 Å². The third-order valence-electron chi connectivity index (χ3n) is 4.34. The van der Waals surface area contributed by atoms with Gasteiger partial charge in [0.15, 0.2) is 23.2 Å². The number of hydrogen-bond donors (Lipinski definition) is 2. The van der Waals surface area contributed by atoms with Crippen LogP contribution in [-0.2, 0) is 6.54 Å². The number of nitrogens with zero attached hydrogens (tertiary/aromatic N) is 2. The minimum absolute atomic E-state index is 0. The van der Waals surface area contributed by atoms with E-state index in [4.69, 9.17) is 13.9 Å². The van der Waals surface area contributed by atoms with Crippen LogP contribution in [0.2, 0.25) is 0 Å². The van der Waals surface area contributed by atoms with E-state index in [9.17, 15) is 0 Å². The van der Waals surface area contributed by atoms with Crippen molar-refractivity contribution in [2.24, 2.45) is 4.99 Å². The lowest BCUT2D eigenvalue weighted by atomic mass is 10.2. The smallest absolute Gasteiger partial charge is 0.216 e. The monoisotopic (exact) mass is 520 g/mol. The second-order valence-electron chi connectivity index (χ2n) is 6.52. The molecule has 0 saturated heterocycles. The third-order valence-corrected chi connectivity index (χ3v) is 4.34. The first-order valence-electron chi connectivity index (χ1n) is 9.77. The highest BCUT2D eigenvalue weighted by Crippen LogP contribution is 2.32. The predicted molar refractivity (Wildman–Crippen MR) is 128 cm³/mol. The predicted octanol–water partition coefficient (Wildman–Crippen LogP) is 4.70.